The average molecular weight is 435 g/mol. The van der Waals surface area contributed by atoms with Gasteiger partial charge >= 0.3 is 0 Å². The van der Waals surface area contributed by atoms with Gasteiger partial charge in [-0.15, -0.1) is 0 Å². The molecule has 2 amide bonds. The van der Waals surface area contributed by atoms with Crippen LogP contribution in [0.15, 0.2) is 43.0 Å². The van der Waals surface area contributed by atoms with Gasteiger partial charge in [-0.3, -0.25) is 29.1 Å². The second-order valence-electron chi connectivity index (χ2n) is 8.64. The van der Waals surface area contributed by atoms with E-state index in [9.17, 15) is 9.59 Å². The zero-order valence-corrected chi connectivity index (χ0v) is 17.8. The Labute approximate surface area is 185 Å². The number of fused-ring (bicyclic) bond motifs is 1. The van der Waals surface area contributed by atoms with Gasteiger partial charge in [0.25, 0.3) is 0 Å². The van der Waals surface area contributed by atoms with Crippen LogP contribution < -0.4 is 5.73 Å². The Morgan fingerprint density at radius 3 is 2.72 bits per heavy atom. The molecule has 1 aromatic carbocycles. The summed E-state index contributed by atoms with van der Waals surface area (Å²) in [6, 6.07) is 5.17. The van der Waals surface area contributed by atoms with Gasteiger partial charge in [-0.05, 0) is 43.7 Å². The summed E-state index contributed by atoms with van der Waals surface area (Å²) in [5.74, 6) is 0.0333. The maximum Gasteiger partial charge on any atom is 0.249 e. The van der Waals surface area contributed by atoms with Gasteiger partial charge in [0.2, 0.25) is 11.8 Å². The van der Waals surface area contributed by atoms with Crippen molar-refractivity contribution in [2.24, 2.45) is 17.6 Å². The molecular formula is C23H26N6O3. The van der Waals surface area contributed by atoms with Crippen molar-refractivity contribution < 1.29 is 14.4 Å². The molecule has 32 heavy (non-hydrogen) atoms. The van der Waals surface area contributed by atoms with Gasteiger partial charge in [0.15, 0.2) is 0 Å². The summed E-state index contributed by atoms with van der Waals surface area (Å²) in [6.07, 6.45) is 11.3. The van der Waals surface area contributed by atoms with Crippen LogP contribution in [0.3, 0.4) is 0 Å². The highest BCUT2D eigenvalue weighted by molar-refractivity contribution is 5.96. The molecule has 1 aliphatic carbocycles. The average Bonchev–Trinajstić information content (AvgIpc) is 3.46. The van der Waals surface area contributed by atoms with Crippen LogP contribution in [-0.4, -0.2) is 43.2 Å². The summed E-state index contributed by atoms with van der Waals surface area (Å²) in [6.45, 7) is 1.32. The predicted octanol–water partition coefficient (Wildman–Crippen LogP) is 2.64. The topological polar surface area (TPSA) is 116 Å². The van der Waals surface area contributed by atoms with E-state index in [1.165, 1.54) is 5.06 Å². The van der Waals surface area contributed by atoms with E-state index < -0.39 is 5.91 Å². The second kappa shape index (κ2) is 8.66. The number of primary amides is 1. The molecule has 0 radical (unpaired) electrons. The lowest BCUT2D eigenvalue weighted by Crippen LogP contribution is -2.37. The van der Waals surface area contributed by atoms with Crippen molar-refractivity contribution in [3.63, 3.8) is 0 Å². The summed E-state index contributed by atoms with van der Waals surface area (Å²) in [7, 11) is 0. The number of aromatic nitrogens is 4. The fourth-order valence-corrected chi connectivity index (χ4v) is 4.79. The fraction of sp³-hybridized carbons (Fsp3) is 0.435. The summed E-state index contributed by atoms with van der Waals surface area (Å²) in [5, 5.41) is 7.13. The van der Waals surface area contributed by atoms with Crippen molar-refractivity contribution in [2.45, 2.75) is 44.7 Å². The smallest absolute Gasteiger partial charge is 0.249 e. The minimum atomic E-state index is -0.451. The lowest BCUT2D eigenvalue weighted by molar-refractivity contribution is -0.183. The van der Waals surface area contributed by atoms with Gasteiger partial charge in [-0.1, -0.05) is 6.07 Å². The van der Waals surface area contributed by atoms with Gasteiger partial charge in [0.1, 0.15) is 6.04 Å². The van der Waals surface area contributed by atoms with E-state index >= 15 is 0 Å². The molecule has 2 N–H and O–H groups in total. The van der Waals surface area contributed by atoms with Crippen LogP contribution in [0.5, 0.6) is 0 Å². The molecule has 3 aromatic rings. The van der Waals surface area contributed by atoms with E-state index in [0.29, 0.717) is 18.1 Å². The number of nitrogens with zero attached hydrogens (tertiary/aromatic N) is 5. The van der Waals surface area contributed by atoms with Crippen LogP contribution in [0.25, 0.3) is 10.9 Å². The first-order valence-electron chi connectivity index (χ1n) is 11.1. The lowest BCUT2D eigenvalue weighted by Gasteiger charge is -2.31. The molecule has 1 atom stereocenters. The standard InChI is InChI=1S/C23H26N6O3/c24-22(30)17-5-6-18-14-28(27-19(18)11-17)13-15-1-3-16(4-2-15)23(31)29-21(7-10-32-29)20-12-25-8-9-26-20/h5-6,8-9,11-12,14-16,21H,1-4,7,10,13H2,(H2,24,30)/t15?,16?,21-/m0/s1. The number of carbonyl (C=O) groups excluding carboxylic acids is 2. The monoisotopic (exact) mass is 434 g/mol. The molecule has 1 saturated heterocycles. The normalized spacial score (nSPS) is 23.5. The van der Waals surface area contributed by atoms with Gasteiger partial charge < -0.3 is 5.73 Å². The van der Waals surface area contributed by atoms with Gasteiger partial charge in [0, 0.05) is 48.4 Å². The second-order valence-corrected chi connectivity index (χ2v) is 8.64. The minimum Gasteiger partial charge on any atom is -0.366 e. The molecule has 2 aromatic heterocycles. The Morgan fingerprint density at radius 1 is 1.12 bits per heavy atom. The number of hydroxylamine groups is 2. The van der Waals surface area contributed by atoms with E-state index in [1.54, 1.807) is 30.7 Å². The zero-order chi connectivity index (χ0) is 22.1. The third-order valence-corrected chi connectivity index (χ3v) is 6.53. The van der Waals surface area contributed by atoms with Crippen molar-refractivity contribution in [3.8, 4) is 0 Å². The van der Waals surface area contributed by atoms with Crippen LogP contribution in [0, 0.1) is 11.8 Å². The molecule has 5 rings (SSSR count). The van der Waals surface area contributed by atoms with E-state index in [-0.39, 0.29) is 17.9 Å². The Balaban J connectivity index is 1.19. The van der Waals surface area contributed by atoms with Crippen molar-refractivity contribution >= 4 is 22.7 Å². The van der Waals surface area contributed by atoms with E-state index in [4.69, 9.17) is 10.6 Å². The Bertz CT molecular complexity index is 1120. The molecule has 0 unspecified atom stereocenters. The molecule has 0 spiro atoms. The Kier molecular flexibility index (Phi) is 5.57. The van der Waals surface area contributed by atoms with Crippen LogP contribution in [-0.2, 0) is 16.2 Å². The van der Waals surface area contributed by atoms with Gasteiger partial charge in [-0.25, -0.2) is 5.06 Å². The van der Waals surface area contributed by atoms with E-state index in [0.717, 1.165) is 55.2 Å². The first-order chi connectivity index (χ1) is 15.6. The highest BCUT2D eigenvalue weighted by atomic mass is 16.7. The summed E-state index contributed by atoms with van der Waals surface area (Å²) >= 11 is 0. The van der Waals surface area contributed by atoms with Crippen LogP contribution in [0.1, 0.15) is 54.2 Å². The number of amides is 2. The molecule has 0 bridgehead atoms. The predicted molar refractivity (Wildman–Crippen MR) is 116 cm³/mol. The maximum atomic E-state index is 13.2. The van der Waals surface area contributed by atoms with Crippen molar-refractivity contribution in [1.82, 2.24) is 24.8 Å². The SMILES string of the molecule is NC(=O)c1ccc2cn(CC3CCC(C(=O)N4OCC[C@H]4c4cnccn4)CC3)nc2c1. The molecule has 2 aliphatic rings. The molecule has 166 valence electrons. The van der Waals surface area contributed by atoms with Crippen LogP contribution >= 0.6 is 0 Å². The number of rotatable bonds is 5. The zero-order valence-electron chi connectivity index (χ0n) is 17.8. The van der Waals surface area contributed by atoms with Gasteiger partial charge in [0.05, 0.1) is 24.0 Å². The Hall–Kier alpha value is -3.33. The molecule has 2 fully saturated rings. The van der Waals surface area contributed by atoms with E-state index in [2.05, 4.69) is 15.1 Å². The number of hydrogen-bond donors (Lipinski definition) is 1. The number of benzene rings is 1. The third kappa shape index (κ3) is 4.08. The number of hydrogen-bond acceptors (Lipinski definition) is 6. The first-order valence-corrected chi connectivity index (χ1v) is 11.1. The third-order valence-electron chi connectivity index (χ3n) is 6.53. The van der Waals surface area contributed by atoms with E-state index in [1.807, 2.05) is 16.9 Å². The minimum absolute atomic E-state index is 0.0293. The van der Waals surface area contributed by atoms with Crippen LogP contribution in [0.2, 0.25) is 0 Å². The summed E-state index contributed by atoms with van der Waals surface area (Å²) in [4.78, 5) is 38.7. The molecule has 9 heteroatoms. The van der Waals surface area contributed by atoms with Crippen molar-refractivity contribution in [2.75, 3.05) is 6.61 Å². The lowest BCUT2D eigenvalue weighted by atomic mass is 9.81. The molecule has 1 aliphatic heterocycles. The number of nitrogens with two attached hydrogens (primary N) is 1. The molecular weight excluding hydrogens is 408 g/mol. The highest BCUT2D eigenvalue weighted by Gasteiger charge is 2.38. The molecule has 9 nitrogen and oxygen atoms in total. The van der Waals surface area contributed by atoms with Crippen molar-refractivity contribution in [3.05, 3.63) is 54.2 Å². The van der Waals surface area contributed by atoms with Gasteiger partial charge in [-0.2, -0.15) is 5.10 Å². The van der Waals surface area contributed by atoms with Crippen molar-refractivity contribution in [1.29, 1.82) is 0 Å². The van der Waals surface area contributed by atoms with Crippen LogP contribution in [0.4, 0.5) is 0 Å². The Morgan fingerprint density at radius 2 is 1.97 bits per heavy atom. The maximum absolute atomic E-state index is 13.2. The molecule has 3 heterocycles. The first kappa shape index (κ1) is 20.6. The quantitative estimate of drug-likeness (QED) is 0.660. The number of carbonyl (C=O) groups is 2. The largest absolute Gasteiger partial charge is 0.366 e. The summed E-state index contributed by atoms with van der Waals surface area (Å²) < 4.78 is 1.94. The molecule has 1 saturated carbocycles. The fourth-order valence-electron chi connectivity index (χ4n) is 4.79. The summed E-state index contributed by atoms with van der Waals surface area (Å²) in [5.41, 5.74) is 7.37. The highest BCUT2D eigenvalue weighted by Crippen LogP contribution is 2.36.